The fourth-order valence-electron chi connectivity index (χ4n) is 2.08. The molecular weight excluding hydrogens is 264 g/mol. The molecule has 4 N–H and O–H groups in total. The molecule has 0 aliphatic heterocycles. The summed E-state index contributed by atoms with van der Waals surface area (Å²) in [6, 6.07) is 5.85. The monoisotopic (exact) mass is 282 g/mol. The summed E-state index contributed by atoms with van der Waals surface area (Å²) in [6.07, 6.45) is 2.03. The highest BCUT2D eigenvalue weighted by molar-refractivity contribution is 5.72. The summed E-state index contributed by atoms with van der Waals surface area (Å²) >= 11 is 0. The first-order chi connectivity index (χ1) is 9.40. The van der Waals surface area contributed by atoms with Gasteiger partial charge in [-0.1, -0.05) is 6.07 Å². The molecule has 6 nitrogen and oxygen atoms in total. The number of carboxylic acids is 2. The Balaban J connectivity index is 0.000000217. The average Bonchev–Trinajstić information content (AvgIpc) is 2.39. The van der Waals surface area contributed by atoms with Gasteiger partial charge >= 0.3 is 11.9 Å². The lowest BCUT2D eigenvalue weighted by Gasteiger charge is -2.22. The van der Waals surface area contributed by atoms with E-state index in [1.807, 2.05) is 0 Å². The van der Waals surface area contributed by atoms with Crippen LogP contribution in [0.4, 0.5) is 0 Å². The number of aliphatic carboxylic acids is 2. The summed E-state index contributed by atoms with van der Waals surface area (Å²) in [4.78, 5) is 21.0. The molecule has 0 unspecified atom stereocenters. The zero-order valence-electron chi connectivity index (χ0n) is 10.9. The van der Waals surface area contributed by atoms with E-state index in [1.54, 1.807) is 6.07 Å². The van der Waals surface area contributed by atoms with Gasteiger partial charge in [-0.3, -0.25) is 9.59 Å². The summed E-state index contributed by atoms with van der Waals surface area (Å²) in [5, 5.41) is 34.5. The molecule has 6 heteroatoms. The molecule has 2 rings (SSSR count). The summed E-state index contributed by atoms with van der Waals surface area (Å²) in [7, 11) is 0. The molecule has 0 aromatic heterocycles. The molecule has 1 fully saturated rings. The molecule has 1 saturated carbocycles. The van der Waals surface area contributed by atoms with Crippen LogP contribution in [0.3, 0.4) is 0 Å². The number of phenols is 2. The van der Waals surface area contributed by atoms with E-state index in [4.69, 9.17) is 20.4 Å². The highest BCUT2D eigenvalue weighted by Gasteiger charge is 2.29. The summed E-state index contributed by atoms with van der Waals surface area (Å²) in [5.74, 6) is -2.05. The van der Waals surface area contributed by atoms with E-state index in [1.165, 1.54) is 18.2 Å². The molecule has 20 heavy (non-hydrogen) atoms. The Morgan fingerprint density at radius 2 is 1.20 bits per heavy atom. The molecule has 1 aliphatic carbocycles. The van der Waals surface area contributed by atoms with Gasteiger partial charge in [-0.25, -0.2) is 0 Å². The second kappa shape index (κ2) is 7.37. The third-order valence-corrected chi connectivity index (χ3v) is 3.26. The molecule has 0 spiro atoms. The highest BCUT2D eigenvalue weighted by Crippen LogP contribution is 2.28. The number of phenolic OH excluding ortho intramolecular Hbond substituents is 2. The molecule has 0 atom stereocenters. The minimum atomic E-state index is -0.793. The van der Waals surface area contributed by atoms with Crippen LogP contribution in [0.15, 0.2) is 24.3 Å². The molecule has 1 aromatic rings. The van der Waals surface area contributed by atoms with Crippen LogP contribution in [-0.2, 0) is 9.59 Å². The van der Waals surface area contributed by atoms with E-state index in [0.29, 0.717) is 25.7 Å². The Morgan fingerprint density at radius 3 is 1.40 bits per heavy atom. The van der Waals surface area contributed by atoms with Crippen molar-refractivity contribution in [1.29, 1.82) is 0 Å². The fraction of sp³-hybridized carbons (Fsp3) is 0.429. The van der Waals surface area contributed by atoms with Crippen molar-refractivity contribution in [2.24, 2.45) is 11.8 Å². The minimum absolute atomic E-state index is 0.0880. The van der Waals surface area contributed by atoms with E-state index in [0.717, 1.165) is 0 Å². The van der Waals surface area contributed by atoms with Gasteiger partial charge in [0.2, 0.25) is 0 Å². The number of aromatic hydroxyl groups is 2. The topological polar surface area (TPSA) is 115 Å². The van der Waals surface area contributed by atoms with Crippen LogP contribution < -0.4 is 0 Å². The van der Waals surface area contributed by atoms with Crippen molar-refractivity contribution in [3.05, 3.63) is 24.3 Å². The number of carbonyl (C=O) groups is 2. The Morgan fingerprint density at radius 1 is 0.850 bits per heavy atom. The number of rotatable bonds is 2. The first-order valence-electron chi connectivity index (χ1n) is 6.33. The smallest absolute Gasteiger partial charge is 0.306 e. The van der Waals surface area contributed by atoms with Gasteiger partial charge < -0.3 is 20.4 Å². The predicted molar refractivity (Wildman–Crippen MR) is 70.5 cm³/mol. The summed E-state index contributed by atoms with van der Waals surface area (Å²) in [6.45, 7) is 0. The maximum atomic E-state index is 10.5. The Kier molecular flexibility index (Phi) is 5.83. The molecule has 0 heterocycles. The van der Waals surface area contributed by atoms with Crippen LogP contribution in [0.1, 0.15) is 25.7 Å². The summed E-state index contributed by atoms with van der Waals surface area (Å²) < 4.78 is 0. The number of benzene rings is 1. The quantitative estimate of drug-likeness (QED) is 0.660. The van der Waals surface area contributed by atoms with Crippen molar-refractivity contribution in [1.82, 2.24) is 0 Å². The third kappa shape index (κ3) is 5.17. The SMILES string of the molecule is O=C(O)C1CCC(C(=O)O)CC1.Oc1cccc(O)c1. The maximum absolute atomic E-state index is 10.5. The minimum Gasteiger partial charge on any atom is -0.508 e. The van der Waals surface area contributed by atoms with Gasteiger partial charge in [-0.05, 0) is 37.8 Å². The Bertz CT molecular complexity index is 423. The second-order valence-corrected chi connectivity index (χ2v) is 4.74. The fourth-order valence-corrected chi connectivity index (χ4v) is 2.08. The van der Waals surface area contributed by atoms with Gasteiger partial charge in [0.15, 0.2) is 0 Å². The van der Waals surface area contributed by atoms with E-state index in [-0.39, 0.29) is 23.3 Å². The van der Waals surface area contributed by atoms with Gasteiger partial charge in [-0.15, -0.1) is 0 Å². The number of hydrogen-bond acceptors (Lipinski definition) is 4. The molecule has 0 bridgehead atoms. The van der Waals surface area contributed by atoms with Gasteiger partial charge in [-0.2, -0.15) is 0 Å². The lowest BCUT2D eigenvalue weighted by molar-refractivity contribution is -0.148. The van der Waals surface area contributed by atoms with Crippen LogP contribution in [0.5, 0.6) is 11.5 Å². The van der Waals surface area contributed by atoms with Gasteiger partial charge in [0.1, 0.15) is 11.5 Å². The van der Waals surface area contributed by atoms with E-state index >= 15 is 0 Å². The molecule has 1 aliphatic rings. The normalized spacial score (nSPS) is 21.4. The van der Waals surface area contributed by atoms with E-state index in [2.05, 4.69) is 0 Å². The number of hydrogen-bond donors (Lipinski definition) is 4. The molecule has 110 valence electrons. The van der Waals surface area contributed by atoms with Crippen molar-refractivity contribution in [3.63, 3.8) is 0 Å². The summed E-state index contributed by atoms with van der Waals surface area (Å²) in [5.41, 5.74) is 0. The Labute approximate surface area is 116 Å². The highest BCUT2D eigenvalue weighted by atomic mass is 16.4. The average molecular weight is 282 g/mol. The Hall–Kier alpha value is -2.24. The van der Waals surface area contributed by atoms with Crippen LogP contribution >= 0.6 is 0 Å². The molecule has 0 amide bonds. The molecular formula is C14H18O6. The number of carboxylic acid groups (broad SMARTS) is 2. The van der Waals surface area contributed by atoms with Crippen LogP contribution in [0.25, 0.3) is 0 Å². The van der Waals surface area contributed by atoms with E-state index in [9.17, 15) is 9.59 Å². The van der Waals surface area contributed by atoms with Gasteiger partial charge in [0.25, 0.3) is 0 Å². The maximum Gasteiger partial charge on any atom is 0.306 e. The molecule has 0 saturated heterocycles. The van der Waals surface area contributed by atoms with Crippen LogP contribution in [0, 0.1) is 11.8 Å². The first-order valence-corrected chi connectivity index (χ1v) is 6.33. The van der Waals surface area contributed by atoms with Crippen molar-refractivity contribution >= 4 is 11.9 Å². The van der Waals surface area contributed by atoms with Crippen molar-refractivity contribution in [2.75, 3.05) is 0 Å². The van der Waals surface area contributed by atoms with E-state index < -0.39 is 11.9 Å². The molecule has 1 aromatic carbocycles. The lowest BCUT2D eigenvalue weighted by Crippen LogP contribution is -2.25. The standard InChI is InChI=1S/C8H12O4.C6H6O2/c9-7(10)5-1-2-6(4-3-5)8(11)12;7-5-2-1-3-6(8)4-5/h5-6H,1-4H2,(H,9,10)(H,11,12);1-4,7-8H. The first kappa shape index (κ1) is 15.8. The second-order valence-electron chi connectivity index (χ2n) is 4.74. The van der Waals surface area contributed by atoms with Crippen LogP contribution in [0.2, 0.25) is 0 Å². The third-order valence-electron chi connectivity index (χ3n) is 3.26. The largest absolute Gasteiger partial charge is 0.508 e. The van der Waals surface area contributed by atoms with Crippen molar-refractivity contribution in [2.45, 2.75) is 25.7 Å². The lowest BCUT2D eigenvalue weighted by atomic mass is 9.82. The van der Waals surface area contributed by atoms with Crippen molar-refractivity contribution in [3.8, 4) is 11.5 Å². The zero-order chi connectivity index (χ0) is 15.1. The van der Waals surface area contributed by atoms with Crippen LogP contribution in [-0.4, -0.2) is 32.4 Å². The van der Waals surface area contributed by atoms with Gasteiger partial charge in [0.05, 0.1) is 11.8 Å². The zero-order valence-corrected chi connectivity index (χ0v) is 10.9. The van der Waals surface area contributed by atoms with Crippen molar-refractivity contribution < 1.29 is 30.0 Å². The predicted octanol–water partition coefficient (Wildman–Crippen LogP) is 2.06. The van der Waals surface area contributed by atoms with Gasteiger partial charge in [0, 0.05) is 6.07 Å². The molecule has 0 radical (unpaired) electrons.